The quantitative estimate of drug-likeness (QED) is 0.821. The highest BCUT2D eigenvalue weighted by atomic mass is 19.1. The summed E-state index contributed by atoms with van der Waals surface area (Å²) in [6.07, 6.45) is 3.16. The van der Waals surface area contributed by atoms with Gasteiger partial charge in [0, 0.05) is 36.6 Å². The lowest BCUT2D eigenvalue weighted by Gasteiger charge is -2.35. The molecular weight excluding hydrogens is 341 g/mol. The molecule has 0 bridgehead atoms. The van der Waals surface area contributed by atoms with Crippen LogP contribution in [0.25, 0.3) is 0 Å². The maximum absolute atomic E-state index is 14.3. The van der Waals surface area contributed by atoms with Gasteiger partial charge in [0.25, 0.3) is 0 Å². The molecule has 0 aliphatic carbocycles. The van der Waals surface area contributed by atoms with Gasteiger partial charge in [0.05, 0.1) is 6.04 Å². The molecule has 1 fully saturated rings. The first kappa shape index (κ1) is 17.8. The molecule has 1 atom stereocenters. The molecular formula is C22H26FN3O. The lowest BCUT2D eigenvalue weighted by Crippen LogP contribution is -2.42. The lowest BCUT2D eigenvalue weighted by molar-refractivity contribution is 0.186. The van der Waals surface area contributed by atoms with Gasteiger partial charge in [-0.3, -0.25) is 0 Å². The molecule has 2 heterocycles. The molecule has 142 valence electrons. The maximum atomic E-state index is 14.3. The van der Waals surface area contributed by atoms with Crippen molar-refractivity contribution >= 4 is 17.4 Å². The van der Waals surface area contributed by atoms with Crippen molar-refractivity contribution in [3.8, 4) is 0 Å². The molecule has 0 spiro atoms. The van der Waals surface area contributed by atoms with E-state index in [0.29, 0.717) is 18.5 Å². The molecule has 2 aliphatic rings. The Kier molecular flexibility index (Phi) is 4.77. The molecule has 5 heteroatoms. The van der Waals surface area contributed by atoms with E-state index in [-0.39, 0.29) is 17.9 Å². The summed E-state index contributed by atoms with van der Waals surface area (Å²) in [6.45, 7) is 6.70. The minimum atomic E-state index is -0.279. The van der Waals surface area contributed by atoms with Crippen LogP contribution in [-0.2, 0) is 6.42 Å². The summed E-state index contributed by atoms with van der Waals surface area (Å²) in [5, 5.41) is 3.02. The lowest BCUT2D eigenvalue weighted by atomic mass is 9.93. The fourth-order valence-electron chi connectivity index (χ4n) is 4.28. The first-order chi connectivity index (χ1) is 13.0. The molecule has 0 aromatic heterocycles. The zero-order valence-corrected chi connectivity index (χ0v) is 16.0. The third-order valence-electron chi connectivity index (χ3n) is 5.83. The van der Waals surface area contributed by atoms with Gasteiger partial charge in [0.1, 0.15) is 5.82 Å². The van der Waals surface area contributed by atoms with Gasteiger partial charge in [-0.2, -0.15) is 0 Å². The number of fused-ring (bicyclic) bond motifs is 1. The standard InChI is InChI=1S/C22H26FN3O/c1-15-14-18(25-11-3-4-12-25)8-9-20(15)24-22(27)26-13-10-17-6-5-7-19(23)21(17)16(26)2/h5-9,14,16H,3-4,10-13H2,1-2H3,(H,24,27). The number of rotatable bonds is 2. The number of anilines is 2. The van der Waals surface area contributed by atoms with Crippen molar-refractivity contribution in [2.45, 2.75) is 39.2 Å². The zero-order chi connectivity index (χ0) is 19.0. The van der Waals surface area contributed by atoms with Crippen LogP contribution in [0.4, 0.5) is 20.6 Å². The molecule has 2 amide bonds. The van der Waals surface area contributed by atoms with Gasteiger partial charge in [-0.25, -0.2) is 9.18 Å². The van der Waals surface area contributed by atoms with E-state index in [1.165, 1.54) is 24.6 Å². The van der Waals surface area contributed by atoms with Crippen LogP contribution in [0, 0.1) is 12.7 Å². The Morgan fingerprint density at radius 3 is 2.67 bits per heavy atom. The van der Waals surface area contributed by atoms with Gasteiger partial charge in [0.2, 0.25) is 0 Å². The fourth-order valence-corrected chi connectivity index (χ4v) is 4.28. The van der Waals surface area contributed by atoms with E-state index < -0.39 is 0 Å². The SMILES string of the molecule is Cc1cc(N2CCCC2)ccc1NC(=O)N1CCc2cccc(F)c2C1C. The van der Waals surface area contributed by atoms with E-state index in [0.717, 1.165) is 29.9 Å². The monoisotopic (exact) mass is 367 g/mol. The number of carbonyl (C=O) groups excluding carboxylic acids is 1. The fraction of sp³-hybridized carbons (Fsp3) is 0.409. The molecule has 2 aromatic carbocycles. The summed E-state index contributed by atoms with van der Waals surface area (Å²) >= 11 is 0. The second-order valence-electron chi connectivity index (χ2n) is 7.56. The molecule has 1 unspecified atom stereocenters. The number of nitrogens with zero attached hydrogens (tertiary/aromatic N) is 2. The molecule has 1 saturated heterocycles. The molecule has 0 saturated carbocycles. The van der Waals surface area contributed by atoms with Crippen molar-refractivity contribution in [1.82, 2.24) is 4.90 Å². The van der Waals surface area contributed by atoms with Crippen molar-refractivity contribution in [2.24, 2.45) is 0 Å². The average molecular weight is 367 g/mol. The van der Waals surface area contributed by atoms with Crippen molar-refractivity contribution in [1.29, 1.82) is 0 Å². The predicted octanol–water partition coefficient (Wildman–Crippen LogP) is 4.89. The molecule has 4 rings (SSSR count). The van der Waals surface area contributed by atoms with Crippen molar-refractivity contribution < 1.29 is 9.18 Å². The number of halogens is 1. The summed E-state index contributed by atoms with van der Waals surface area (Å²) < 4.78 is 14.3. The van der Waals surface area contributed by atoms with E-state index in [1.54, 1.807) is 11.0 Å². The molecule has 4 nitrogen and oxygen atoms in total. The summed E-state index contributed by atoms with van der Waals surface area (Å²) in [5.74, 6) is -0.233. The number of urea groups is 1. The van der Waals surface area contributed by atoms with Crippen molar-refractivity contribution in [2.75, 3.05) is 29.9 Å². The Balaban J connectivity index is 1.50. The Morgan fingerprint density at radius 1 is 1.15 bits per heavy atom. The van der Waals surface area contributed by atoms with E-state index in [2.05, 4.69) is 22.3 Å². The second kappa shape index (κ2) is 7.22. The number of hydrogen-bond donors (Lipinski definition) is 1. The summed E-state index contributed by atoms with van der Waals surface area (Å²) in [7, 11) is 0. The van der Waals surface area contributed by atoms with Gasteiger partial charge < -0.3 is 15.1 Å². The second-order valence-corrected chi connectivity index (χ2v) is 7.56. The Morgan fingerprint density at radius 2 is 1.93 bits per heavy atom. The molecule has 0 radical (unpaired) electrons. The maximum Gasteiger partial charge on any atom is 0.322 e. The Labute approximate surface area is 160 Å². The van der Waals surface area contributed by atoms with Gasteiger partial charge in [0.15, 0.2) is 0 Å². The van der Waals surface area contributed by atoms with Crippen LogP contribution in [0.3, 0.4) is 0 Å². The normalized spacial score (nSPS) is 19.1. The Hall–Kier alpha value is -2.56. The minimum absolute atomic E-state index is 0.173. The van der Waals surface area contributed by atoms with Crippen LogP contribution >= 0.6 is 0 Å². The first-order valence-corrected chi connectivity index (χ1v) is 9.75. The van der Waals surface area contributed by atoms with Gasteiger partial charge in [-0.05, 0) is 68.5 Å². The number of nitrogens with one attached hydrogen (secondary N) is 1. The average Bonchev–Trinajstić information content (AvgIpc) is 3.18. The van der Waals surface area contributed by atoms with Gasteiger partial charge in [-0.1, -0.05) is 12.1 Å². The van der Waals surface area contributed by atoms with Crippen LogP contribution in [-0.4, -0.2) is 30.6 Å². The third-order valence-corrected chi connectivity index (χ3v) is 5.83. The molecule has 27 heavy (non-hydrogen) atoms. The topological polar surface area (TPSA) is 35.6 Å². The summed E-state index contributed by atoms with van der Waals surface area (Å²) in [5.41, 5.74) is 4.71. The number of hydrogen-bond acceptors (Lipinski definition) is 2. The predicted molar refractivity (Wildman–Crippen MR) is 107 cm³/mol. The van der Waals surface area contributed by atoms with Crippen molar-refractivity contribution in [3.05, 3.63) is 58.9 Å². The molecule has 2 aliphatic heterocycles. The number of aryl methyl sites for hydroxylation is 1. The first-order valence-electron chi connectivity index (χ1n) is 9.75. The van der Waals surface area contributed by atoms with Crippen molar-refractivity contribution in [3.63, 3.8) is 0 Å². The zero-order valence-electron chi connectivity index (χ0n) is 16.0. The number of carbonyl (C=O) groups is 1. The number of amides is 2. The third kappa shape index (κ3) is 3.38. The number of benzene rings is 2. The highest BCUT2D eigenvalue weighted by Crippen LogP contribution is 2.32. The van der Waals surface area contributed by atoms with E-state index >= 15 is 0 Å². The molecule has 1 N–H and O–H groups in total. The highest BCUT2D eigenvalue weighted by Gasteiger charge is 2.30. The van der Waals surface area contributed by atoms with Crippen LogP contribution in [0.1, 0.15) is 42.5 Å². The minimum Gasteiger partial charge on any atom is -0.372 e. The van der Waals surface area contributed by atoms with E-state index in [9.17, 15) is 9.18 Å². The van der Waals surface area contributed by atoms with E-state index in [4.69, 9.17) is 0 Å². The molecule has 2 aromatic rings. The van der Waals surface area contributed by atoms with Crippen LogP contribution in [0.2, 0.25) is 0 Å². The Bertz CT molecular complexity index is 861. The highest BCUT2D eigenvalue weighted by molar-refractivity contribution is 5.91. The van der Waals surface area contributed by atoms with Crippen LogP contribution in [0.5, 0.6) is 0 Å². The van der Waals surface area contributed by atoms with E-state index in [1.807, 2.05) is 26.0 Å². The summed E-state index contributed by atoms with van der Waals surface area (Å²) in [4.78, 5) is 17.0. The van der Waals surface area contributed by atoms with Gasteiger partial charge in [-0.15, -0.1) is 0 Å². The smallest absolute Gasteiger partial charge is 0.322 e. The van der Waals surface area contributed by atoms with Crippen LogP contribution in [0.15, 0.2) is 36.4 Å². The van der Waals surface area contributed by atoms with Crippen LogP contribution < -0.4 is 10.2 Å². The summed E-state index contributed by atoms with van der Waals surface area (Å²) in [6, 6.07) is 10.9. The largest absolute Gasteiger partial charge is 0.372 e. The van der Waals surface area contributed by atoms with Gasteiger partial charge >= 0.3 is 6.03 Å².